The smallest absolute Gasteiger partial charge is 0.267 e. The Kier molecular flexibility index (Phi) is 4.94. The molecule has 1 aliphatic heterocycles. The molecule has 108 valence electrons. The lowest BCUT2D eigenvalue weighted by Crippen LogP contribution is -2.25. The van der Waals surface area contributed by atoms with E-state index in [1.54, 1.807) is 0 Å². The number of benzene rings is 1. The van der Waals surface area contributed by atoms with Crippen LogP contribution in [0.3, 0.4) is 0 Å². The molecule has 1 saturated heterocycles. The molecule has 20 heavy (non-hydrogen) atoms. The maximum atomic E-state index is 11.2. The highest BCUT2D eigenvalue weighted by Gasteiger charge is 2.47. The largest absolute Gasteiger partial charge is 0.371 e. The maximum absolute atomic E-state index is 11.2. The van der Waals surface area contributed by atoms with E-state index in [4.69, 9.17) is 11.7 Å². The summed E-state index contributed by atoms with van der Waals surface area (Å²) in [7, 11) is 1.67. The van der Waals surface area contributed by atoms with Crippen LogP contribution in [0.1, 0.15) is 26.2 Å². The molecule has 1 heterocycles. The van der Waals surface area contributed by atoms with Crippen molar-refractivity contribution in [2.45, 2.75) is 37.9 Å². The van der Waals surface area contributed by atoms with Crippen LogP contribution in [0.15, 0.2) is 30.3 Å². The van der Waals surface area contributed by atoms with Gasteiger partial charge < -0.3 is 0 Å². The first-order valence-corrected chi connectivity index (χ1v) is 10.8. The van der Waals surface area contributed by atoms with Gasteiger partial charge in [-0.15, -0.1) is 0 Å². The molecule has 0 aromatic heterocycles. The van der Waals surface area contributed by atoms with Gasteiger partial charge in [-0.3, -0.25) is 4.18 Å². The van der Waals surface area contributed by atoms with E-state index in [2.05, 4.69) is 12.1 Å². The molecule has 0 spiro atoms. The SMILES string of the molecule is [B][P+]1(c2ccccc2)CCC[C@@H]1CC(C)OS(C)(=O)=O. The second kappa shape index (κ2) is 6.17. The minimum atomic E-state index is -3.40. The molecule has 2 radical (unpaired) electrons. The van der Waals surface area contributed by atoms with Crippen LogP contribution in [0.4, 0.5) is 0 Å². The molecular weight excluding hydrogens is 290 g/mol. The molecule has 3 nitrogen and oxygen atoms in total. The molecule has 1 fully saturated rings. The van der Waals surface area contributed by atoms with Crippen LogP contribution < -0.4 is 5.30 Å². The minimum absolute atomic E-state index is 0.306. The second-order valence-electron chi connectivity index (χ2n) is 5.63. The number of rotatable bonds is 5. The van der Waals surface area contributed by atoms with Crippen LogP contribution in [-0.4, -0.2) is 40.2 Å². The van der Waals surface area contributed by atoms with Crippen LogP contribution in [0.25, 0.3) is 0 Å². The lowest BCUT2D eigenvalue weighted by Gasteiger charge is -2.27. The standard InChI is InChI=1S/C14H21BO3PS/c1-12(18-20(2,16)17)11-14-9-6-10-19(14,15)13-7-4-3-5-8-13/h3-5,7-8,12,14H,6,9-11H2,1-2H3/q+1/t12?,14-,19?/m1/s1. The molecule has 1 aliphatic rings. The predicted octanol–water partition coefficient (Wildman–Crippen LogP) is 2.33. The molecule has 2 unspecified atom stereocenters. The fraction of sp³-hybridized carbons (Fsp3) is 0.571. The third kappa shape index (κ3) is 3.84. The van der Waals surface area contributed by atoms with Crippen LogP contribution in [0.5, 0.6) is 0 Å². The first-order valence-electron chi connectivity index (χ1n) is 6.91. The summed E-state index contributed by atoms with van der Waals surface area (Å²) in [5.41, 5.74) is 0.363. The molecule has 1 aromatic rings. The van der Waals surface area contributed by atoms with E-state index in [0.717, 1.165) is 25.3 Å². The van der Waals surface area contributed by atoms with Gasteiger partial charge in [-0.1, -0.05) is 18.2 Å². The van der Waals surface area contributed by atoms with Crippen molar-refractivity contribution in [3.05, 3.63) is 30.3 Å². The van der Waals surface area contributed by atoms with E-state index in [9.17, 15) is 8.42 Å². The molecule has 0 amide bonds. The first-order chi connectivity index (χ1) is 9.31. The highest BCUT2D eigenvalue weighted by Crippen LogP contribution is 2.64. The third-order valence-corrected chi connectivity index (χ3v) is 8.66. The second-order valence-corrected chi connectivity index (χ2v) is 10.8. The summed E-state index contributed by atoms with van der Waals surface area (Å²) in [6, 6.07) is 10.3. The number of hydrogen-bond donors (Lipinski definition) is 0. The lowest BCUT2D eigenvalue weighted by atomic mass is 10.1. The monoisotopic (exact) mass is 311 g/mol. The van der Waals surface area contributed by atoms with Crippen molar-refractivity contribution < 1.29 is 12.6 Å². The van der Waals surface area contributed by atoms with Gasteiger partial charge in [-0.05, 0) is 39.0 Å². The van der Waals surface area contributed by atoms with Crippen LogP contribution >= 0.6 is 7.14 Å². The van der Waals surface area contributed by atoms with Crippen LogP contribution in [0.2, 0.25) is 0 Å². The fourth-order valence-electron chi connectivity index (χ4n) is 3.07. The van der Waals surface area contributed by atoms with Gasteiger partial charge in [0.05, 0.1) is 23.3 Å². The highest BCUT2D eigenvalue weighted by atomic mass is 32.2. The summed E-state index contributed by atoms with van der Waals surface area (Å²) < 4.78 is 27.5. The van der Waals surface area contributed by atoms with Crippen molar-refractivity contribution in [2.75, 3.05) is 12.4 Å². The Bertz CT molecular complexity index is 549. The summed E-state index contributed by atoms with van der Waals surface area (Å²) in [4.78, 5) is 0. The van der Waals surface area contributed by atoms with E-state index >= 15 is 0 Å². The first kappa shape index (κ1) is 16.0. The van der Waals surface area contributed by atoms with Gasteiger partial charge in [0.15, 0.2) is 0 Å². The van der Waals surface area contributed by atoms with Gasteiger partial charge in [0.2, 0.25) is 0 Å². The topological polar surface area (TPSA) is 43.4 Å². The fourth-order valence-corrected chi connectivity index (χ4v) is 7.54. The summed E-state index contributed by atoms with van der Waals surface area (Å²) >= 11 is 0. The van der Waals surface area contributed by atoms with E-state index in [1.165, 1.54) is 5.30 Å². The van der Waals surface area contributed by atoms with Gasteiger partial charge >= 0.3 is 7.57 Å². The Labute approximate surface area is 123 Å². The molecule has 0 N–H and O–H groups in total. The van der Waals surface area contributed by atoms with Crippen molar-refractivity contribution in [1.29, 1.82) is 0 Å². The van der Waals surface area contributed by atoms with Crippen molar-refractivity contribution in [1.82, 2.24) is 0 Å². The van der Waals surface area contributed by atoms with Gasteiger partial charge in [0.25, 0.3) is 10.1 Å². The molecule has 0 saturated carbocycles. The third-order valence-electron chi connectivity index (χ3n) is 3.90. The predicted molar refractivity (Wildman–Crippen MR) is 86.6 cm³/mol. The summed E-state index contributed by atoms with van der Waals surface area (Å²) in [6.07, 6.45) is 4.74. The summed E-state index contributed by atoms with van der Waals surface area (Å²) in [5, 5.41) is 1.24. The Balaban J connectivity index is 2.11. The molecule has 6 heteroatoms. The molecule has 0 aliphatic carbocycles. The van der Waals surface area contributed by atoms with E-state index < -0.39 is 17.3 Å². The van der Waals surface area contributed by atoms with Crippen LogP contribution in [0, 0.1) is 0 Å². The van der Waals surface area contributed by atoms with Crippen molar-refractivity contribution in [3.63, 3.8) is 0 Å². The molecule has 3 atom stereocenters. The quantitative estimate of drug-likeness (QED) is 0.476. The van der Waals surface area contributed by atoms with Gasteiger partial charge in [-0.25, -0.2) is 0 Å². The van der Waals surface area contributed by atoms with E-state index in [0.29, 0.717) is 12.1 Å². The Morgan fingerprint density at radius 1 is 1.40 bits per heavy atom. The average molecular weight is 311 g/mol. The van der Waals surface area contributed by atoms with Gasteiger partial charge in [-0.2, -0.15) is 8.42 Å². The molecule has 0 bridgehead atoms. The number of hydrogen-bond acceptors (Lipinski definition) is 3. The van der Waals surface area contributed by atoms with Gasteiger partial charge in [0.1, 0.15) is 0 Å². The van der Waals surface area contributed by atoms with E-state index in [1.807, 2.05) is 25.1 Å². The molecule has 1 aromatic carbocycles. The van der Waals surface area contributed by atoms with Crippen molar-refractivity contribution in [2.24, 2.45) is 0 Å². The zero-order valence-corrected chi connectivity index (χ0v) is 13.7. The Morgan fingerprint density at radius 3 is 2.65 bits per heavy atom. The minimum Gasteiger partial charge on any atom is -0.267 e. The highest BCUT2D eigenvalue weighted by molar-refractivity contribution is 8.03. The summed E-state index contributed by atoms with van der Waals surface area (Å²) in [6.45, 7) is 1.81. The maximum Gasteiger partial charge on any atom is 0.371 e. The molecule has 2 rings (SSSR count). The van der Waals surface area contributed by atoms with E-state index in [-0.39, 0.29) is 6.10 Å². The summed E-state index contributed by atoms with van der Waals surface area (Å²) in [5.74, 6) is 0. The van der Waals surface area contributed by atoms with Crippen LogP contribution in [-0.2, 0) is 14.3 Å². The van der Waals surface area contributed by atoms with Gasteiger partial charge in [0, 0.05) is 12.6 Å². The Hall–Kier alpha value is -0.375. The average Bonchev–Trinajstić information content (AvgIpc) is 2.71. The zero-order valence-electron chi connectivity index (χ0n) is 12.0. The normalized spacial score (nSPS) is 28.4. The zero-order chi connectivity index (χ0) is 14.8. The Morgan fingerprint density at radius 2 is 2.05 bits per heavy atom. The van der Waals surface area contributed by atoms with Crippen molar-refractivity contribution in [3.8, 4) is 0 Å². The molecular formula is C14H21BO3PS+. The van der Waals surface area contributed by atoms with Crippen molar-refractivity contribution >= 4 is 30.1 Å². The lowest BCUT2D eigenvalue weighted by molar-refractivity contribution is 0.218.